The first-order chi connectivity index (χ1) is 16.0. The fraction of sp³-hybridized carbons (Fsp3) is 0.375. The lowest BCUT2D eigenvalue weighted by atomic mass is 9.98. The summed E-state index contributed by atoms with van der Waals surface area (Å²) in [4.78, 5) is 37.4. The average molecular weight is 473 g/mol. The second-order valence-corrected chi connectivity index (χ2v) is 8.56. The number of methoxy groups -OCH3 is 1. The minimum Gasteiger partial charge on any atom is -0.480 e. The Morgan fingerprint density at radius 1 is 1.09 bits per heavy atom. The summed E-state index contributed by atoms with van der Waals surface area (Å²) < 4.78 is 10.7. The van der Waals surface area contributed by atoms with Gasteiger partial charge in [0.15, 0.2) is 6.10 Å². The van der Waals surface area contributed by atoms with E-state index in [1.54, 1.807) is 0 Å². The van der Waals surface area contributed by atoms with Crippen molar-refractivity contribution in [3.63, 3.8) is 0 Å². The van der Waals surface area contributed by atoms with Crippen LogP contribution in [0.2, 0.25) is 0 Å². The van der Waals surface area contributed by atoms with E-state index in [0.717, 1.165) is 22.3 Å². The minimum absolute atomic E-state index is 0.0689. The van der Waals surface area contributed by atoms with E-state index < -0.39 is 30.6 Å². The average Bonchev–Trinajstić information content (AvgIpc) is 3.14. The van der Waals surface area contributed by atoms with Gasteiger partial charge in [-0.1, -0.05) is 48.5 Å². The van der Waals surface area contributed by atoms with E-state index in [0.29, 0.717) is 5.75 Å². The SMILES string of the molecule is COC(CNC(=O)OCC1c2ccccc2-c2ccccc21)C(=O)N(CCSC)CC(=O)O. The van der Waals surface area contributed by atoms with Crippen LogP contribution in [0.1, 0.15) is 17.0 Å². The quantitative estimate of drug-likeness (QED) is 0.518. The predicted octanol–water partition coefficient (Wildman–Crippen LogP) is 2.82. The van der Waals surface area contributed by atoms with Crippen LogP contribution >= 0.6 is 11.8 Å². The van der Waals surface area contributed by atoms with Crippen molar-refractivity contribution in [1.29, 1.82) is 0 Å². The van der Waals surface area contributed by atoms with E-state index in [1.165, 1.54) is 23.8 Å². The standard InChI is InChI=1S/C24H28N2O6S/c1-31-21(23(29)26(11-12-33-2)14-22(27)28)13-25-24(30)32-15-20-18-9-5-3-7-16(18)17-8-4-6-10-19(17)20/h3-10,20-21H,11-15H2,1-2H3,(H,25,30)(H,27,28). The number of aliphatic carboxylic acids is 1. The number of hydrogen-bond acceptors (Lipinski definition) is 6. The van der Waals surface area contributed by atoms with Gasteiger partial charge in [0.2, 0.25) is 0 Å². The molecule has 2 N–H and O–H groups in total. The number of nitrogens with one attached hydrogen (secondary N) is 1. The molecule has 1 aliphatic carbocycles. The molecule has 0 aliphatic heterocycles. The first-order valence-electron chi connectivity index (χ1n) is 10.6. The molecule has 0 aromatic heterocycles. The maximum Gasteiger partial charge on any atom is 0.407 e. The summed E-state index contributed by atoms with van der Waals surface area (Å²) in [6, 6.07) is 16.1. The van der Waals surface area contributed by atoms with Crippen LogP contribution < -0.4 is 5.32 Å². The molecule has 0 saturated carbocycles. The van der Waals surface area contributed by atoms with Crippen LogP contribution in [0, 0.1) is 0 Å². The van der Waals surface area contributed by atoms with Gasteiger partial charge in [0.25, 0.3) is 5.91 Å². The van der Waals surface area contributed by atoms with Gasteiger partial charge in [-0.15, -0.1) is 0 Å². The van der Waals surface area contributed by atoms with Crippen molar-refractivity contribution in [2.75, 3.05) is 45.4 Å². The van der Waals surface area contributed by atoms with Crippen molar-refractivity contribution in [2.45, 2.75) is 12.0 Å². The van der Waals surface area contributed by atoms with E-state index in [4.69, 9.17) is 14.6 Å². The lowest BCUT2D eigenvalue weighted by molar-refractivity contribution is -0.149. The summed E-state index contributed by atoms with van der Waals surface area (Å²) in [6.45, 7) is -0.118. The van der Waals surface area contributed by atoms with Crippen LogP contribution in [0.5, 0.6) is 0 Å². The first kappa shape index (κ1) is 24.6. The summed E-state index contributed by atoms with van der Waals surface area (Å²) >= 11 is 1.50. The molecular weight excluding hydrogens is 444 g/mol. The lowest BCUT2D eigenvalue weighted by Gasteiger charge is -2.25. The van der Waals surface area contributed by atoms with Crippen molar-refractivity contribution in [3.8, 4) is 11.1 Å². The van der Waals surface area contributed by atoms with Crippen LogP contribution in [0.4, 0.5) is 4.79 Å². The first-order valence-corrected chi connectivity index (χ1v) is 12.0. The fourth-order valence-electron chi connectivity index (χ4n) is 3.93. The Morgan fingerprint density at radius 3 is 2.24 bits per heavy atom. The number of alkyl carbamates (subject to hydrolysis) is 1. The molecule has 0 radical (unpaired) electrons. The van der Waals surface area contributed by atoms with E-state index in [-0.39, 0.29) is 25.6 Å². The number of carbonyl (C=O) groups is 3. The molecule has 1 atom stereocenters. The molecule has 2 aromatic rings. The van der Waals surface area contributed by atoms with Crippen molar-refractivity contribution in [1.82, 2.24) is 10.2 Å². The maximum absolute atomic E-state index is 12.7. The van der Waals surface area contributed by atoms with Gasteiger partial charge in [-0.25, -0.2) is 4.79 Å². The molecule has 0 saturated heterocycles. The van der Waals surface area contributed by atoms with Gasteiger partial charge in [0.05, 0.1) is 6.54 Å². The Balaban J connectivity index is 1.57. The second kappa shape index (κ2) is 11.7. The largest absolute Gasteiger partial charge is 0.480 e. The van der Waals surface area contributed by atoms with E-state index >= 15 is 0 Å². The highest BCUT2D eigenvalue weighted by atomic mass is 32.2. The Kier molecular flexibility index (Phi) is 8.73. The number of ether oxygens (including phenoxy) is 2. The number of carboxylic acid groups (broad SMARTS) is 1. The third-order valence-corrected chi connectivity index (χ3v) is 6.13. The molecule has 3 rings (SSSR count). The smallest absolute Gasteiger partial charge is 0.407 e. The highest BCUT2D eigenvalue weighted by Crippen LogP contribution is 2.44. The molecule has 8 nitrogen and oxygen atoms in total. The summed E-state index contributed by atoms with van der Waals surface area (Å²) in [5.41, 5.74) is 4.48. The zero-order valence-electron chi connectivity index (χ0n) is 18.7. The molecular formula is C24H28N2O6S. The summed E-state index contributed by atoms with van der Waals surface area (Å²) in [6.07, 6.45) is 0.197. The molecule has 0 heterocycles. The van der Waals surface area contributed by atoms with Crippen LogP contribution in [-0.2, 0) is 19.1 Å². The number of amides is 2. The van der Waals surface area contributed by atoms with Gasteiger partial charge in [0.1, 0.15) is 13.2 Å². The highest BCUT2D eigenvalue weighted by Gasteiger charge is 2.30. The van der Waals surface area contributed by atoms with Crippen molar-refractivity contribution in [3.05, 3.63) is 59.7 Å². The maximum atomic E-state index is 12.7. The van der Waals surface area contributed by atoms with Gasteiger partial charge in [0, 0.05) is 25.3 Å². The highest BCUT2D eigenvalue weighted by molar-refractivity contribution is 7.98. The molecule has 2 aromatic carbocycles. The topological polar surface area (TPSA) is 105 Å². The van der Waals surface area contributed by atoms with Crippen LogP contribution in [0.3, 0.4) is 0 Å². The Labute approximate surface area is 197 Å². The molecule has 2 amide bonds. The third-order valence-electron chi connectivity index (χ3n) is 5.54. The van der Waals surface area contributed by atoms with Crippen LogP contribution in [0.25, 0.3) is 11.1 Å². The van der Waals surface area contributed by atoms with Crippen LogP contribution in [-0.4, -0.2) is 79.4 Å². The number of rotatable bonds is 11. The Morgan fingerprint density at radius 2 is 1.70 bits per heavy atom. The van der Waals surface area contributed by atoms with E-state index in [2.05, 4.69) is 17.4 Å². The van der Waals surface area contributed by atoms with Gasteiger partial charge in [-0.2, -0.15) is 11.8 Å². The molecule has 1 unspecified atom stereocenters. The predicted molar refractivity (Wildman–Crippen MR) is 126 cm³/mol. The molecule has 176 valence electrons. The lowest BCUT2D eigenvalue weighted by Crippen LogP contribution is -2.48. The monoisotopic (exact) mass is 472 g/mol. The van der Waals surface area contributed by atoms with Crippen molar-refractivity contribution in [2.24, 2.45) is 0 Å². The van der Waals surface area contributed by atoms with Gasteiger partial charge in [-0.05, 0) is 28.5 Å². The zero-order valence-corrected chi connectivity index (χ0v) is 19.5. The van der Waals surface area contributed by atoms with E-state index in [1.807, 2.05) is 42.7 Å². The zero-order chi connectivity index (χ0) is 23.8. The molecule has 1 aliphatic rings. The normalized spacial score (nSPS) is 13.0. The number of nitrogens with zero attached hydrogens (tertiary/aromatic N) is 1. The number of fused-ring (bicyclic) bond motifs is 3. The van der Waals surface area contributed by atoms with E-state index in [9.17, 15) is 14.4 Å². The van der Waals surface area contributed by atoms with Crippen molar-refractivity contribution < 1.29 is 29.0 Å². The molecule has 9 heteroatoms. The molecule has 0 fully saturated rings. The Bertz CT molecular complexity index is 953. The van der Waals surface area contributed by atoms with Gasteiger partial charge < -0.3 is 24.8 Å². The molecule has 0 bridgehead atoms. The number of carbonyl (C=O) groups excluding carboxylic acids is 2. The number of benzene rings is 2. The Hall–Kier alpha value is -3.04. The third kappa shape index (κ3) is 6.06. The van der Waals surface area contributed by atoms with Gasteiger partial charge in [-0.3, -0.25) is 9.59 Å². The molecule has 33 heavy (non-hydrogen) atoms. The number of hydrogen-bond donors (Lipinski definition) is 2. The van der Waals surface area contributed by atoms with Gasteiger partial charge >= 0.3 is 12.1 Å². The fourth-order valence-corrected chi connectivity index (χ4v) is 4.34. The number of carboxylic acids is 1. The molecule has 0 spiro atoms. The second-order valence-electron chi connectivity index (χ2n) is 7.58. The summed E-state index contributed by atoms with van der Waals surface area (Å²) in [5.74, 6) is -1.08. The van der Waals surface area contributed by atoms with Crippen LogP contribution in [0.15, 0.2) is 48.5 Å². The number of thioether (sulfide) groups is 1. The minimum atomic E-state index is -1.11. The van der Waals surface area contributed by atoms with Crippen molar-refractivity contribution >= 4 is 29.7 Å². The summed E-state index contributed by atoms with van der Waals surface area (Å²) in [7, 11) is 1.34. The summed E-state index contributed by atoms with van der Waals surface area (Å²) in [5, 5.41) is 11.7.